The molecule has 0 amide bonds. The monoisotopic (exact) mass is 622 g/mol. The summed E-state index contributed by atoms with van der Waals surface area (Å²) in [5.41, 5.74) is 7.25. The van der Waals surface area contributed by atoms with Crippen molar-refractivity contribution in [3.05, 3.63) is 71.4 Å². The number of ether oxygens (including phenoxy) is 1. The van der Waals surface area contributed by atoms with Crippen molar-refractivity contribution >= 4 is 29.4 Å². The lowest BCUT2D eigenvalue weighted by Gasteiger charge is -2.42. The van der Waals surface area contributed by atoms with Crippen LogP contribution in [0.15, 0.2) is 65.7 Å². The van der Waals surface area contributed by atoms with E-state index in [1.165, 1.54) is 41.4 Å². The number of likely N-dealkylation sites (tertiary alicyclic amines) is 2. The van der Waals surface area contributed by atoms with Crippen LogP contribution in [0.25, 0.3) is 16.9 Å². The highest BCUT2D eigenvalue weighted by atomic mass is 35.5. The van der Waals surface area contributed by atoms with E-state index in [2.05, 4.69) is 25.1 Å². The molecule has 234 valence electrons. The highest BCUT2D eigenvalue weighted by Gasteiger charge is 2.35. The van der Waals surface area contributed by atoms with Gasteiger partial charge in [0.15, 0.2) is 11.5 Å². The van der Waals surface area contributed by atoms with Gasteiger partial charge < -0.3 is 20.7 Å². The van der Waals surface area contributed by atoms with Crippen LogP contribution in [0, 0.1) is 5.92 Å². The van der Waals surface area contributed by atoms with E-state index in [9.17, 15) is 4.79 Å². The number of alkyl halides is 1. The Bertz CT molecular complexity index is 1600. The molecule has 2 aromatic heterocycles. The number of nitrogens with zero attached hydrogens (tertiary/aromatic N) is 6. The highest BCUT2D eigenvalue weighted by molar-refractivity contribution is 5.85. The fourth-order valence-electron chi connectivity index (χ4n) is 6.85. The Hall–Kier alpha value is -3.51. The highest BCUT2D eigenvalue weighted by Crippen LogP contribution is 2.31. The molecule has 5 heterocycles. The number of hydrogen-bond donors (Lipinski definition) is 2. The first-order valence-corrected chi connectivity index (χ1v) is 15.4. The third-order valence-corrected chi connectivity index (χ3v) is 9.46. The minimum absolute atomic E-state index is 0. The fraction of sp³-hybridized carbons (Fsp3) is 0.469. The molecule has 0 radical (unpaired) electrons. The second-order valence-electron chi connectivity index (χ2n) is 12.1. The van der Waals surface area contributed by atoms with E-state index in [1.54, 1.807) is 24.3 Å². The number of nitrogen functional groups attached to an aromatic ring is 1. The lowest BCUT2D eigenvalue weighted by atomic mass is 9.91. The van der Waals surface area contributed by atoms with Crippen molar-refractivity contribution in [2.24, 2.45) is 5.92 Å². The molecule has 44 heavy (non-hydrogen) atoms. The molecule has 0 aliphatic carbocycles. The van der Waals surface area contributed by atoms with Crippen molar-refractivity contribution < 1.29 is 9.13 Å². The van der Waals surface area contributed by atoms with Gasteiger partial charge in [-0.15, -0.1) is 12.4 Å². The van der Waals surface area contributed by atoms with Crippen molar-refractivity contribution in [2.45, 2.75) is 43.9 Å². The maximum absolute atomic E-state index is 15.9. The Labute approximate surface area is 262 Å². The van der Waals surface area contributed by atoms with E-state index in [-0.39, 0.29) is 23.9 Å². The number of anilines is 1. The van der Waals surface area contributed by atoms with Crippen LogP contribution in [-0.2, 0) is 0 Å². The average Bonchev–Trinajstić information content (AvgIpc) is 3.29. The number of benzene rings is 2. The molecule has 10 nitrogen and oxygen atoms in total. The maximum atomic E-state index is 15.9. The number of rotatable bonds is 8. The number of halogens is 2. The lowest BCUT2D eigenvalue weighted by molar-refractivity contribution is 0.0709. The molecule has 2 atom stereocenters. The summed E-state index contributed by atoms with van der Waals surface area (Å²) in [5.74, 6) is 2.23. The zero-order chi connectivity index (χ0) is 29.3. The molecule has 12 heteroatoms. The summed E-state index contributed by atoms with van der Waals surface area (Å²) in [4.78, 5) is 27.4. The van der Waals surface area contributed by atoms with E-state index < -0.39 is 12.2 Å². The van der Waals surface area contributed by atoms with Crippen LogP contribution >= 0.6 is 12.4 Å². The molecule has 3 N–H and O–H groups in total. The number of imidazole rings is 1. The van der Waals surface area contributed by atoms with Crippen LogP contribution in [0.5, 0.6) is 11.5 Å². The van der Waals surface area contributed by atoms with E-state index in [0.717, 1.165) is 38.6 Å². The number of hydrogen-bond acceptors (Lipinski definition) is 8. The third-order valence-electron chi connectivity index (χ3n) is 9.46. The van der Waals surface area contributed by atoms with Gasteiger partial charge in [0, 0.05) is 32.2 Å². The summed E-state index contributed by atoms with van der Waals surface area (Å²) in [6, 6.07) is 16.7. The molecule has 3 saturated heterocycles. The second kappa shape index (κ2) is 13.2. The Balaban J connectivity index is 0.00000343. The number of piperidine rings is 2. The number of aromatic nitrogens is 4. The van der Waals surface area contributed by atoms with Crippen molar-refractivity contribution in [2.75, 3.05) is 51.5 Å². The normalized spacial score (nSPS) is 22.0. The summed E-state index contributed by atoms with van der Waals surface area (Å²) < 4.78 is 24.8. The van der Waals surface area contributed by atoms with E-state index in [0.29, 0.717) is 47.2 Å². The molecular weight excluding hydrogens is 583 g/mol. The number of nitrogens with one attached hydrogen (secondary N) is 1. The second-order valence-corrected chi connectivity index (χ2v) is 12.1. The minimum Gasteiger partial charge on any atom is -0.457 e. The molecule has 0 spiro atoms. The first-order chi connectivity index (χ1) is 21.0. The Morgan fingerprint density at radius 1 is 0.955 bits per heavy atom. The maximum Gasteiger partial charge on any atom is 0.335 e. The fourth-order valence-corrected chi connectivity index (χ4v) is 6.85. The molecule has 3 fully saturated rings. The molecule has 0 unspecified atom stereocenters. The predicted molar refractivity (Wildman–Crippen MR) is 172 cm³/mol. The molecule has 3 aliphatic rings. The van der Waals surface area contributed by atoms with Gasteiger partial charge in [-0.25, -0.2) is 19.2 Å². The van der Waals surface area contributed by atoms with E-state index in [1.807, 2.05) is 30.3 Å². The van der Waals surface area contributed by atoms with Gasteiger partial charge in [0.05, 0.1) is 11.7 Å². The molecular formula is C32H40ClFN8O2. The van der Waals surface area contributed by atoms with Gasteiger partial charge in [-0.05, 0) is 87.6 Å². The Kier molecular flexibility index (Phi) is 9.18. The van der Waals surface area contributed by atoms with Gasteiger partial charge in [-0.1, -0.05) is 18.2 Å². The summed E-state index contributed by atoms with van der Waals surface area (Å²) >= 11 is 0. The van der Waals surface area contributed by atoms with Gasteiger partial charge in [-0.3, -0.25) is 14.0 Å². The van der Waals surface area contributed by atoms with Crippen LogP contribution in [0.2, 0.25) is 0 Å². The lowest BCUT2D eigenvalue weighted by Crippen LogP contribution is -2.58. The van der Waals surface area contributed by atoms with Crippen molar-refractivity contribution in [1.82, 2.24) is 34.2 Å². The summed E-state index contributed by atoms with van der Waals surface area (Å²) in [5, 5.41) is 3.37. The topological polar surface area (TPSA) is 106 Å². The van der Waals surface area contributed by atoms with Gasteiger partial charge in [0.25, 0.3) is 0 Å². The van der Waals surface area contributed by atoms with E-state index >= 15 is 4.39 Å². The molecule has 4 aromatic rings. The zero-order valence-corrected chi connectivity index (χ0v) is 25.5. The minimum atomic E-state index is -1.20. The molecule has 7 rings (SSSR count). The number of para-hydroxylation sites is 1. The predicted octanol–water partition coefficient (Wildman–Crippen LogP) is 4.04. The SMILES string of the molecule is Cl.Nc1ncnc2c1n(-c1ccc(Oc3ccccc3)cc1)c(=O)n2[C@@H]1CCN(CCC2CCN(C3CNC3)CC2)C[C@@H]1F. The van der Waals surface area contributed by atoms with E-state index in [4.69, 9.17) is 10.5 Å². The molecule has 0 bridgehead atoms. The van der Waals surface area contributed by atoms with Crippen molar-refractivity contribution in [3.8, 4) is 17.2 Å². The van der Waals surface area contributed by atoms with Gasteiger partial charge in [0.2, 0.25) is 0 Å². The molecule has 2 aromatic carbocycles. The van der Waals surface area contributed by atoms with Crippen LogP contribution < -0.4 is 21.5 Å². The number of nitrogens with two attached hydrogens (primary N) is 1. The van der Waals surface area contributed by atoms with Crippen molar-refractivity contribution in [3.63, 3.8) is 0 Å². The third kappa shape index (κ3) is 6.06. The molecule has 3 aliphatic heterocycles. The van der Waals surface area contributed by atoms with Gasteiger partial charge >= 0.3 is 5.69 Å². The van der Waals surface area contributed by atoms with Crippen LogP contribution in [0.3, 0.4) is 0 Å². The smallest absolute Gasteiger partial charge is 0.335 e. The standard InChI is InChI=1S/C32H39FN8O2.ClH/c33-27-20-38(14-10-22-11-16-39(17-12-22)24-18-35-19-24)15-13-28(27)41-31-29(30(34)36-21-37-31)40(32(41)42)23-6-8-26(9-7-23)43-25-4-2-1-3-5-25;/h1-9,21-22,24,27-28,35H,10-20H2,(H2,34,36,37);1H/t27-,28+;/m0./s1. The van der Waals surface area contributed by atoms with Crippen LogP contribution in [0.4, 0.5) is 10.2 Å². The largest absolute Gasteiger partial charge is 0.457 e. The first-order valence-electron chi connectivity index (χ1n) is 15.4. The number of fused-ring (bicyclic) bond motifs is 1. The summed E-state index contributed by atoms with van der Waals surface area (Å²) in [6.45, 7) is 6.52. The summed E-state index contributed by atoms with van der Waals surface area (Å²) in [7, 11) is 0. The summed E-state index contributed by atoms with van der Waals surface area (Å²) in [6.07, 6.45) is 4.21. The quantitative estimate of drug-likeness (QED) is 0.303. The van der Waals surface area contributed by atoms with Crippen molar-refractivity contribution in [1.29, 1.82) is 0 Å². The Morgan fingerprint density at radius 3 is 2.36 bits per heavy atom. The van der Waals surface area contributed by atoms with Gasteiger partial charge in [0.1, 0.15) is 29.5 Å². The first kappa shape index (κ1) is 30.5. The zero-order valence-electron chi connectivity index (χ0n) is 24.7. The Morgan fingerprint density at radius 2 is 1.68 bits per heavy atom. The molecule has 0 saturated carbocycles. The van der Waals surface area contributed by atoms with Crippen LogP contribution in [0.1, 0.15) is 31.7 Å². The van der Waals surface area contributed by atoms with Gasteiger partial charge in [-0.2, -0.15) is 0 Å². The van der Waals surface area contributed by atoms with Crippen LogP contribution in [-0.4, -0.2) is 86.9 Å². The average molecular weight is 623 g/mol.